The van der Waals surface area contributed by atoms with Crippen molar-refractivity contribution >= 4 is 17.4 Å². The van der Waals surface area contributed by atoms with Crippen LogP contribution in [0.25, 0.3) is 0 Å². The molecule has 1 heterocycles. The van der Waals surface area contributed by atoms with Gasteiger partial charge in [0.15, 0.2) is 12.4 Å². The number of likely N-dealkylation sites (N-methyl/N-ethyl adjacent to an activating group) is 1. The Hall–Kier alpha value is -3.39. The zero-order valence-corrected chi connectivity index (χ0v) is 15.5. The zero-order chi connectivity index (χ0) is 19.6. The van der Waals surface area contributed by atoms with Gasteiger partial charge in [0, 0.05) is 29.9 Å². The molecule has 0 aliphatic carbocycles. The molecule has 136 valence electrons. The Kier molecular flexibility index (Phi) is 4.83. The van der Waals surface area contributed by atoms with Gasteiger partial charge in [-0.25, -0.2) is 4.79 Å². The van der Waals surface area contributed by atoms with Crippen LogP contribution in [0.3, 0.4) is 0 Å². The van der Waals surface area contributed by atoms with Gasteiger partial charge < -0.3 is 9.64 Å². The van der Waals surface area contributed by atoms with Crippen LogP contribution in [0.15, 0.2) is 60.3 Å². The van der Waals surface area contributed by atoms with E-state index in [0.29, 0.717) is 11.1 Å². The predicted octanol–water partition coefficient (Wildman–Crippen LogP) is 3.60. The number of esters is 1. The van der Waals surface area contributed by atoms with Crippen molar-refractivity contribution in [3.05, 3.63) is 77.0 Å². The molecule has 0 bridgehead atoms. The number of ketones is 1. The summed E-state index contributed by atoms with van der Waals surface area (Å²) in [5.41, 5.74) is 3.54. The summed E-state index contributed by atoms with van der Waals surface area (Å²) >= 11 is 0. The second kappa shape index (κ2) is 7.08. The van der Waals surface area contributed by atoms with Gasteiger partial charge in [-0.1, -0.05) is 32.0 Å². The maximum Gasteiger partial charge on any atom is 0.338 e. The minimum absolute atomic E-state index is 0.278. The maximum absolute atomic E-state index is 12.4. The van der Waals surface area contributed by atoms with Crippen molar-refractivity contribution in [1.29, 1.82) is 5.26 Å². The number of ether oxygens (including phenoxy) is 1. The van der Waals surface area contributed by atoms with E-state index in [-0.39, 0.29) is 17.8 Å². The van der Waals surface area contributed by atoms with Gasteiger partial charge in [0.2, 0.25) is 0 Å². The van der Waals surface area contributed by atoms with Crippen LogP contribution in [0.5, 0.6) is 0 Å². The number of fused-ring (bicyclic) bond motifs is 1. The molecule has 5 nitrogen and oxygen atoms in total. The Morgan fingerprint density at radius 3 is 2.44 bits per heavy atom. The minimum Gasteiger partial charge on any atom is -0.454 e. The molecule has 5 heteroatoms. The number of nitriles is 1. The molecular weight excluding hydrogens is 340 g/mol. The second-order valence-corrected chi connectivity index (χ2v) is 6.96. The summed E-state index contributed by atoms with van der Waals surface area (Å²) in [5, 5.41) is 8.79. The number of carbonyl (C=O) groups is 2. The monoisotopic (exact) mass is 360 g/mol. The number of para-hydroxylation sites is 1. The second-order valence-electron chi connectivity index (χ2n) is 6.96. The van der Waals surface area contributed by atoms with E-state index in [0.717, 1.165) is 16.9 Å². The topological polar surface area (TPSA) is 70.4 Å². The normalized spacial score (nSPS) is 15.9. The van der Waals surface area contributed by atoms with Crippen molar-refractivity contribution < 1.29 is 14.3 Å². The van der Waals surface area contributed by atoms with E-state index in [1.807, 2.05) is 36.2 Å². The van der Waals surface area contributed by atoms with Crippen molar-refractivity contribution in [3.63, 3.8) is 0 Å². The van der Waals surface area contributed by atoms with Crippen LogP contribution in [0.1, 0.15) is 35.3 Å². The molecule has 1 aliphatic rings. The molecule has 0 unspecified atom stereocenters. The third-order valence-corrected chi connectivity index (χ3v) is 4.83. The van der Waals surface area contributed by atoms with Gasteiger partial charge in [-0.15, -0.1) is 0 Å². The molecule has 2 aromatic rings. The third kappa shape index (κ3) is 3.47. The number of nitrogens with zero attached hydrogens (tertiary/aromatic N) is 2. The van der Waals surface area contributed by atoms with Crippen LogP contribution in [-0.4, -0.2) is 25.4 Å². The van der Waals surface area contributed by atoms with Crippen molar-refractivity contribution in [3.8, 4) is 6.07 Å². The highest BCUT2D eigenvalue weighted by Gasteiger charge is 2.38. The van der Waals surface area contributed by atoms with Gasteiger partial charge in [-0.05, 0) is 35.9 Å². The minimum atomic E-state index is -0.589. The van der Waals surface area contributed by atoms with Crippen LogP contribution in [0.4, 0.5) is 5.69 Å². The number of carbonyl (C=O) groups excluding carboxylic acids is 2. The highest BCUT2D eigenvalue weighted by molar-refractivity contribution is 5.96. The summed E-state index contributed by atoms with van der Waals surface area (Å²) in [4.78, 5) is 26.5. The lowest BCUT2D eigenvalue weighted by atomic mass is 9.83. The van der Waals surface area contributed by atoms with Gasteiger partial charge >= 0.3 is 5.97 Å². The van der Waals surface area contributed by atoms with Gasteiger partial charge in [0.1, 0.15) is 0 Å². The number of hydrogen-bond donors (Lipinski definition) is 0. The van der Waals surface area contributed by atoms with Crippen molar-refractivity contribution in [2.24, 2.45) is 0 Å². The Labute approximate surface area is 158 Å². The summed E-state index contributed by atoms with van der Waals surface area (Å²) in [6, 6.07) is 16.1. The van der Waals surface area contributed by atoms with Crippen molar-refractivity contribution in [2.75, 3.05) is 18.6 Å². The summed E-state index contributed by atoms with van der Waals surface area (Å²) in [7, 11) is 1.93. The fraction of sp³-hybridized carbons (Fsp3) is 0.227. The van der Waals surface area contributed by atoms with E-state index in [1.54, 1.807) is 6.08 Å². The van der Waals surface area contributed by atoms with Crippen LogP contribution in [-0.2, 0) is 14.9 Å². The number of anilines is 1. The summed E-state index contributed by atoms with van der Waals surface area (Å²) < 4.78 is 5.12. The molecule has 0 fully saturated rings. The quantitative estimate of drug-likeness (QED) is 0.615. The van der Waals surface area contributed by atoms with Crippen molar-refractivity contribution in [1.82, 2.24) is 0 Å². The fourth-order valence-electron chi connectivity index (χ4n) is 3.35. The van der Waals surface area contributed by atoms with Crippen LogP contribution in [0, 0.1) is 11.3 Å². The van der Waals surface area contributed by atoms with Gasteiger partial charge in [0.25, 0.3) is 0 Å². The number of benzene rings is 2. The van der Waals surface area contributed by atoms with Crippen LogP contribution >= 0.6 is 0 Å². The van der Waals surface area contributed by atoms with Gasteiger partial charge in [0.05, 0.1) is 17.2 Å². The van der Waals surface area contributed by atoms with Gasteiger partial charge in [-0.3, -0.25) is 4.79 Å². The Morgan fingerprint density at radius 1 is 1.15 bits per heavy atom. The van der Waals surface area contributed by atoms with Gasteiger partial charge in [-0.2, -0.15) is 5.26 Å². The van der Waals surface area contributed by atoms with Crippen LogP contribution in [0.2, 0.25) is 0 Å². The molecule has 0 atom stereocenters. The van der Waals surface area contributed by atoms with Crippen LogP contribution < -0.4 is 4.90 Å². The molecule has 0 aromatic heterocycles. The third-order valence-electron chi connectivity index (χ3n) is 4.83. The molecule has 2 aromatic carbocycles. The molecule has 0 spiro atoms. The number of hydrogen-bond acceptors (Lipinski definition) is 5. The summed E-state index contributed by atoms with van der Waals surface area (Å²) in [6.45, 7) is 3.80. The summed E-state index contributed by atoms with van der Waals surface area (Å²) in [6.07, 6.45) is 1.55. The standard InChI is InChI=1S/C22H20N2O3/c1-22(2)18-6-4-5-7-19(18)24(3)20(22)12-17(25)14-27-21(26)16-10-8-15(13-23)9-11-16/h4-12H,14H2,1-3H3. The fourth-order valence-corrected chi connectivity index (χ4v) is 3.35. The number of rotatable bonds is 4. The lowest BCUT2D eigenvalue weighted by Gasteiger charge is -2.23. The Balaban J connectivity index is 1.70. The molecule has 0 amide bonds. The lowest BCUT2D eigenvalue weighted by molar-refractivity contribution is -0.117. The molecule has 3 rings (SSSR count). The van der Waals surface area contributed by atoms with Crippen molar-refractivity contribution in [2.45, 2.75) is 19.3 Å². The molecule has 0 radical (unpaired) electrons. The average Bonchev–Trinajstić information content (AvgIpc) is 2.87. The molecular formula is C22H20N2O3. The highest BCUT2D eigenvalue weighted by atomic mass is 16.5. The first-order valence-corrected chi connectivity index (χ1v) is 8.60. The lowest BCUT2D eigenvalue weighted by Crippen LogP contribution is -2.25. The highest BCUT2D eigenvalue weighted by Crippen LogP contribution is 2.46. The Bertz CT molecular complexity index is 966. The number of allylic oxidation sites excluding steroid dienone is 1. The first-order valence-electron chi connectivity index (χ1n) is 8.60. The molecule has 0 saturated heterocycles. The smallest absolute Gasteiger partial charge is 0.338 e. The zero-order valence-electron chi connectivity index (χ0n) is 15.5. The largest absolute Gasteiger partial charge is 0.454 e. The van der Waals surface area contributed by atoms with E-state index in [9.17, 15) is 9.59 Å². The van der Waals surface area contributed by atoms with E-state index < -0.39 is 5.97 Å². The van der Waals surface area contributed by atoms with E-state index in [2.05, 4.69) is 19.9 Å². The average molecular weight is 360 g/mol. The summed E-state index contributed by atoms with van der Waals surface area (Å²) in [5.74, 6) is -0.867. The molecule has 0 N–H and O–H groups in total. The maximum atomic E-state index is 12.4. The molecule has 27 heavy (non-hydrogen) atoms. The first-order chi connectivity index (χ1) is 12.8. The van der Waals surface area contributed by atoms with E-state index in [1.165, 1.54) is 24.3 Å². The van der Waals surface area contributed by atoms with E-state index in [4.69, 9.17) is 10.00 Å². The molecule has 0 saturated carbocycles. The SMILES string of the molecule is CN1C(=CC(=O)COC(=O)c2ccc(C#N)cc2)C(C)(C)c2ccccc21. The first kappa shape index (κ1) is 18.4. The Morgan fingerprint density at radius 2 is 1.81 bits per heavy atom. The predicted molar refractivity (Wildman–Crippen MR) is 102 cm³/mol. The van der Waals surface area contributed by atoms with E-state index >= 15 is 0 Å². The molecule has 1 aliphatic heterocycles.